The van der Waals surface area contributed by atoms with Crippen LogP contribution in [0.25, 0.3) is 0 Å². The van der Waals surface area contributed by atoms with Gasteiger partial charge in [-0.3, -0.25) is 0 Å². The summed E-state index contributed by atoms with van der Waals surface area (Å²) in [4.78, 5) is 0. The average Bonchev–Trinajstić information content (AvgIpc) is 2.22. The van der Waals surface area contributed by atoms with Gasteiger partial charge in [-0.25, -0.2) is 8.42 Å². The van der Waals surface area contributed by atoms with E-state index in [-0.39, 0.29) is 17.6 Å². The second kappa shape index (κ2) is 5.54. The first-order valence-corrected chi connectivity index (χ1v) is 7.46. The lowest BCUT2D eigenvalue weighted by Crippen LogP contribution is -2.22. The van der Waals surface area contributed by atoms with E-state index in [1.165, 1.54) is 0 Å². The zero-order chi connectivity index (χ0) is 13.1. The predicted octanol–water partition coefficient (Wildman–Crippen LogP) is 2.51. The van der Waals surface area contributed by atoms with E-state index in [1.807, 2.05) is 32.0 Å². The first kappa shape index (κ1) is 14.0. The van der Waals surface area contributed by atoms with Crippen molar-refractivity contribution in [3.05, 3.63) is 29.3 Å². The predicted molar refractivity (Wildman–Crippen MR) is 70.3 cm³/mol. The first-order chi connectivity index (χ1) is 7.83. The molecular weight excluding hydrogens is 236 g/mol. The molecule has 0 amide bonds. The quantitative estimate of drug-likeness (QED) is 0.813. The Bertz CT molecular complexity index is 475. The average molecular weight is 256 g/mol. The largest absolute Gasteiger partial charge is 0.492 e. The standard InChI is InChI=1S/C13H20O3S/c1-10(2)17(14,15)8-7-16-13-9-11(3)5-6-12(13)4/h5-6,9-10H,7-8H2,1-4H3. The highest BCUT2D eigenvalue weighted by Gasteiger charge is 2.15. The molecule has 3 nitrogen and oxygen atoms in total. The van der Waals surface area contributed by atoms with Gasteiger partial charge in [-0.1, -0.05) is 12.1 Å². The monoisotopic (exact) mass is 256 g/mol. The van der Waals surface area contributed by atoms with Crippen molar-refractivity contribution in [2.24, 2.45) is 0 Å². The molecule has 0 atom stereocenters. The topological polar surface area (TPSA) is 43.4 Å². The number of benzene rings is 1. The molecule has 0 radical (unpaired) electrons. The molecule has 0 saturated carbocycles. The van der Waals surface area contributed by atoms with Gasteiger partial charge in [-0.05, 0) is 44.9 Å². The van der Waals surface area contributed by atoms with Gasteiger partial charge in [0, 0.05) is 0 Å². The molecule has 96 valence electrons. The minimum atomic E-state index is -3.02. The highest BCUT2D eigenvalue weighted by Crippen LogP contribution is 2.19. The van der Waals surface area contributed by atoms with Crippen molar-refractivity contribution in [1.82, 2.24) is 0 Å². The summed E-state index contributed by atoms with van der Waals surface area (Å²) in [5, 5.41) is -0.343. The maximum Gasteiger partial charge on any atom is 0.155 e. The van der Waals surface area contributed by atoms with Gasteiger partial charge < -0.3 is 4.74 Å². The lowest BCUT2D eigenvalue weighted by Gasteiger charge is -2.11. The molecular formula is C13H20O3S. The number of sulfone groups is 1. The third kappa shape index (κ3) is 4.04. The van der Waals surface area contributed by atoms with E-state index in [9.17, 15) is 8.42 Å². The maximum absolute atomic E-state index is 11.6. The highest BCUT2D eigenvalue weighted by molar-refractivity contribution is 7.91. The van der Waals surface area contributed by atoms with Crippen LogP contribution in [0, 0.1) is 13.8 Å². The minimum absolute atomic E-state index is 0.0675. The summed E-state index contributed by atoms with van der Waals surface area (Å²) in [7, 11) is -3.02. The van der Waals surface area contributed by atoms with Crippen LogP contribution in [-0.4, -0.2) is 26.0 Å². The lowest BCUT2D eigenvalue weighted by molar-refractivity contribution is 0.338. The molecule has 0 heterocycles. The fraction of sp³-hybridized carbons (Fsp3) is 0.538. The Morgan fingerprint density at radius 2 is 1.88 bits per heavy atom. The van der Waals surface area contributed by atoms with E-state index in [0.717, 1.165) is 16.9 Å². The minimum Gasteiger partial charge on any atom is -0.492 e. The molecule has 0 aliphatic carbocycles. The van der Waals surface area contributed by atoms with Gasteiger partial charge in [-0.2, -0.15) is 0 Å². The van der Waals surface area contributed by atoms with Gasteiger partial charge in [-0.15, -0.1) is 0 Å². The fourth-order valence-electron chi connectivity index (χ4n) is 1.37. The Morgan fingerprint density at radius 1 is 1.24 bits per heavy atom. The van der Waals surface area contributed by atoms with E-state index < -0.39 is 9.84 Å². The molecule has 0 aromatic heterocycles. The summed E-state index contributed by atoms with van der Waals surface area (Å²) in [6.07, 6.45) is 0. The first-order valence-electron chi connectivity index (χ1n) is 5.74. The molecule has 1 aromatic carbocycles. The Morgan fingerprint density at radius 3 is 2.47 bits per heavy atom. The highest BCUT2D eigenvalue weighted by atomic mass is 32.2. The SMILES string of the molecule is Cc1ccc(C)c(OCCS(=O)(=O)C(C)C)c1. The van der Waals surface area contributed by atoms with Crippen molar-refractivity contribution in [1.29, 1.82) is 0 Å². The number of ether oxygens (including phenoxy) is 1. The van der Waals surface area contributed by atoms with Crippen LogP contribution in [0.3, 0.4) is 0 Å². The molecule has 0 aliphatic rings. The molecule has 4 heteroatoms. The Balaban J connectivity index is 2.60. The van der Waals surface area contributed by atoms with Crippen LogP contribution >= 0.6 is 0 Å². The number of hydrogen-bond acceptors (Lipinski definition) is 3. The van der Waals surface area contributed by atoms with E-state index >= 15 is 0 Å². The van der Waals surface area contributed by atoms with E-state index in [2.05, 4.69) is 0 Å². The fourth-order valence-corrected chi connectivity index (χ4v) is 2.15. The zero-order valence-corrected chi connectivity index (χ0v) is 11.7. The van der Waals surface area contributed by atoms with Crippen molar-refractivity contribution >= 4 is 9.84 Å². The van der Waals surface area contributed by atoms with Crippen LogP contribution in [0.2, 0.25) is 0 Å². The third-order valence-corrected chi connectivity index (χ3v) is 4.86. The van der Waals surface area contributed by atoms with Gasteiger partial charge in [0.15, 0.2) is 9.84 Å². The molecule has 0 spiro atoms. The van der Waals surface area contributed by atoms with Crippen LogP contribution in [-0.2, 0) is 9.84 Å². The molecule has 17 heavy (non-hydrogen) atoms. The third-order valence-electron chi connectivity index (χ3n) is 2.69. The number of rotatable bonds is 5. The van der Waals surface area contributed by atoms with Gasteiger partial charge >= 0.3 is 0 Å². The summed E-state index contributed by atoms with van der Waals surface area (Å²) < 4.78 is 28.7. The molecule has 0 saturated heterocycles. The van der Waals surface area contributed by atoms with E-state index in [4.69, 9.17) is 4.74 Å². The molecule has 0 N–H and O–H groups in total. The molecule has 0 fully saturated rings. The summed E-state index contributed by atoms with van der Waals surface area (Å²) in [5.41, 5.74) is 2.13. The van der Waals surface area contributed by atoms with Crippen LogP contribution in [0.1, 0.15) is 25.0 Å². The number of hydrogen-bond donors (Lipinski definition) is 0. The van der Waals surface area contributed by atoms with Crippen molar-refractivity contribution in [2.75, 3.05) is 12.4 Å². The summed E-state index contributed by atoms with van der Waals surface area (Å²) in [6.45, 7) is 7.52. The lowest BCUT2D eigenvalue weighted by atomic mass is 10.1. The summed E-state index contributed by atoms with van der Waals surface area (Å²) in [6, 6.07) is 5.91. The van der Waals surface area contributed by atoms with E-state index in [0.29, 0.717) is 0 Å². The molecule has 0 aliphatic heterocycles. The second-order valence-corrected chi connectivity index (χ2v) is 7.21. The van der Waals surface area contributed by atoms with Crippen LogP contribution in [0.4, 0.5) is 0 Å². The van der Waals surface area contributed by atoms with Crippen molar-refractivity contribution in [3.63, 3.8) is 0 Å². The Labute approximate surface area is 104 Å². The summed E-state index contributed by atoms with van der Waals surface area (Å²) in [5.74, 6) is 0.835. The number of aryl methyl sites for hydroxylation is 2. The van der Waals surface area contributed by atoms with Crippen molar-refractivity contribution < 1.29 is 13.2 Å². The molecule has 0 unspecified atom stereocenters. The van der Waals surface area contributed by atoms with Crippen molar-refractivity contribution in [2.45, 2.75) is 32.9 Å². The molecule has 1 rings (SSSR count). The maximum atomic E-state index is 11.6. The molecule has 1 aromatic rings. The van der Waals surface area contributed by atoms with Crippen LogP contribution in [0.5, 0.6) is 5.75 Å². The van der Waals surface area contributed by atoms with E-state index in [1.54, 1.807) is 13.8 Å². The van der Waals surface area contributed by atoms with Gasteiger partial charge in [0.05, 0.1) is 11.0 Å². The van der Waals surface area contributed by atoms with Crippen molar-refractivity contribution in [3.8, 4) is 5.75 Å². The Hall–Kier alpha value is -1.03. The van der Waals surface area contributed by atoms with Gasteiger partial charge in [0.2, 0.25) is 0 Å². The molecule has 0 bridgehead atoms. The van der Waals surface area contributed by atoms with Gasteiger partial charge in [0.25, 0.3) is 0 Å². The second-order valence-electron chi connectivity index (χ2n) is 4.53. The van der Waals surface area contributed by atoms with Crippen LogP contribution < -0.4 is 4.74 Å². The Kier molecular flexibility index (Phi) is 4.57. The smallest absolute Gasteiger partial charge is 0.155 e. The summed E-state index contributed by atoms with van der Waals surface area (Å²) >= 11 is 0. The normalized spacial score (nSPS) is 11.8. The zero-order valence-electron chi connectivity index (χ0n) is 10.9. The van der Waals surface area contributed by atoms with Gasteiger partial charge in [0.1, 0.15) is 12.4 Å². The van der Waals surface area contributed by atoms with Crippen LogP contribution in [0.15, 0.2) is 18.2 Å².